The zero-order valence-electron chi connectivity index (χ0n) is 30.9. The summed E-state index contributed by atoms with van der Waals surface area (Å²) in [6, 6.07) is -4.48. The van der Waals surface area contributed by atoms with Gasteiger partial charge in [0.2, 0.25) is 0 Å². The first-order valence-electron chi connectivity index (χ1n) is 18.6. The second-order valence-electron chi connectivity index (χ2n) is 15.4. The Labute approximate surface area is 314 Å². The van der Waals surface area contributed by atoms with Crippen molar-refractivity contribution >= 4 is 0 Å². The molecule has 2 saturated carbocycles. The molecule has 2 saturated heterocycles. The van der Waals surface area contributed by atoms with E-state index in [0.29, 0.717) is 6.42 Å². The molecule has 318 valence electrons. The molecule has 0 radical (unpaired) electrons. The van der Waals surface area contributed by atoms with E-state index in [9.17, 15) is 40.9 Å². The highest BCUT2D eigenvalue weighted by Crippen LogP contribution is 2.32. The second kappa shape index (κ2) is 20.2. The Bertz CT molecular complexity index is 1050. The van der Waals surface area contributed by atoms with E-state index < -0.39 is 128 Å². The Morgan fingerprint density at radius 1 is 0.593 bits per heavy atom. The molecule has 0 aromatic carbocycles. The highest BCUT2D eigenvalue weighted by atomic mass is 16.7. The van der Waals surface area contributed by atoms with E-state index >= 15 is 0 Å². The Hall–Kier alpha value is -0.880. The van der Waals surface area contributed by atoms with Gasteiger partial charge in [-0.3, -0.25) is 0 Å². The number of nitrogens with two attached hydrogens (primary N) is 7. The van der Waals surface area contributed by atoms with Crippen LogP contribution in [-0.4, -0.2) is 220 Å². The van der Waals surface area contributed by atoms with Crippen molar-refractivity contribution in [3.8, 4) is 0 Å². The maximum absolute atomic E-state index is 11.1. The third-order valence-corrected chi connectivity index (χ3v) is 10.9. The van der Waals surface area contributed by atoms with Crippen LogP contribution in [0.2, 0.25) is 0 Å². The van der Waals surface area contributed by atoms with E-state index in [-0.39, 0.29) is 51.7 Å². The number of aliphatic hydroxyl groups is 8. The minimum absolute atomic E-state index is 0.00939. The summed E-state index contributed by atoms with van der Waals surface area (Å²) in [5.74, 6) is -0.281. The van der Waals surface area contributed by atoms with Gasteiger partial charge in [0.25, 0.3) is 0 Å². The topological polar surface area (TPSA) is 403 Å². The third-order valence-electron chi connectivity index (χ3n) is 10.9. The van der Waals surface area contributed by atoms with Crippen LogP contribution < -0.4 is 40.1 Å². The highest BCUT2D eigenvalue weighted by molar-refractivity contribution is 5.01. The number of aliphatic hydroxyl groups excluding tert-OH is 8. The van der Waals surface area contributed by atoms with Crippen LogP contribution in [0.5, 0.6) is 0 Å². The molecular formula is C32H66N8O14. The fourth-order valence-electron chi connectivity index (χ4n) is 7.67. The van der Waals surface area contributed by atoms with Gasteiger partial charge >= 0.3 is 0 Å². The zero-order chi connectivity index (χ0) is 40.2. The van der Waals surface area contributed by atoms with Crippen molar-refractivity contribution in [1.82, 2.24) is 4.90 Å². The number of rotatable bonds is 16. The quantitative estimate of drug-likeness (QED) is 0.0690. The summed E-state index contributed by atoms with van der Waals surface area (Å²) < 4.78 is 35.4. The van der Waals surface area contributed by atoms with Gasteiger partial charge in [-0.25, -0.2) is 0 Å². The smallest absolute Gasteiger partial charge is 0.176 e. The van der Waals surface area contributed by atoms with Crippen LogP contribution in [0, 0.1) is 5.92 Å². The fourth-order valence-corrected chi connectivity index (χ4v) is 7.67. The first-order chi connectivity index (χ1) is 25.4. The highest BCUT2D eigenvalue weighted by Gasteiger charge is 2.50. The average molecular weight is 787 g/mol. The molecule has 22 N–H and O–H groups in total. The molecule has 22 atom stereocenters. The van der Waals surface area contributed by atoms with Gasteiger partial charge in [0, 0.05) is 44.3 Å². The molecular weight excluding hydrogens is 720 g/mol. The first kappa shape index (κ1) is 45.8. The minimum atomic E-state index is -1.41. The number of nitrogens with zero attached hydrogens (tertiary/aromatic N) is 1. The van der Waals surface area contributed by atoms with Crippen LogP contribution in [0.15, 0.2) is 0 Å². The molecule has 2 aliphatic carbocycles. The Morgan fingerprint density at radius 2 is 1.00 bits per heavy atom. The molecule has 2 aliphatic heterocycles. The lowest BCUT2D eigenvalue weighted by Gasteiger charge is -2.47. The molecule has 2 heterocycles. The first-order valence-corrected chi connectivity index (χ1v) is 18.6. The standard InChI is InChI=1S/C32H66N8O14/c1-11-3-15(36)27(53-31-19(38)25(47)23(45)17(5-33)51-31)29(21(11)43)49-9-12(41)7-40(2)8-13(42)10-50-30-22(44)14(35)4-16(37)28(30)54-32-20(39)26(48)24(46)18(6-34)52-32/h11-32,41-48H,3-10,33-39H2,1-2H3. The molecule has 0 aromatic heterocycles. The van der Waals surface area contributed by atoms with Gasteiger partial charge in [-0.2, -0.15) is 0 Å². The number of hydrogen-bond donors (Lipinski definition) is 15. The Kier molecular flexibility index (Phi) is 17.1. The van der Waals surface area contributed by atoms with E-state index in [0.717, 1.165) is 0 Å². The van der Waals surface area contributed by atoms with Gasteiger partial charge in [0.15, 0.2) is 12.6 Å². The van der Waals surface area contributed by atoms with Gasteiger partial charge < -0.3 is 114 Å². The van der Waals surface area contributed by atoms with Gasteiger partial charge in [-0.15, -0.1) is 0 Å². The van der Waals surface area contributed by atoms with Crippen LogP contribution in [-0.2, 0) is 28.4 Å². The van der Waals surface area contributed by atoms with Crippen LogP contribution in [0.1, 0.15) is 19.8 Å². The number of ether oxygens (including phenoxy) is 6. The van der Waals surface area contributed by atoms with Crippen molar-refractivity contribution in [3.05, 3.63) is 0 Å². The lowest BCUT2D eigenvalue weighted by Crippen LogP contribution is -2.68. The SMILES string of the molecule is CC1CC(N)C(OC2OC(CN)C(O)C(O)C2N)C(OCC(O)CN(C)CC(O)COC2C(O)C(N)CC(N)C2OC2OC(CN)C(O)C(O)C2N)C1O. The van der Waals surface area contributed by atoms with Gasteiger partial charge in [-0.05, 0) is 25.8 Å². The lowest BCUT2D eigenvalue weighted by molar-refractivity contribution is -0.293. The van der Waals surface area contributed by atoms with Crippen LogP contribution >= 0.6 is 0 Å². The summed E-state index contributed by atoms with van der Waals surface area (Å²) in [5.41, 5.74) is 42.4. The Balaban J connectivity index is 1.30. The van der Waals surface area contributed by atoms with Crippen molar-refractivity contribution in [1.29, 1.82) is 0 Å². The average Bonchev–Trinajstić information content (AvgIpc) is 3.12. The molecule has 4 fully saturated rings. The molecule has 22 nitrogen and oxygen atoms in total. The van der Waals surface area contributed by atoms with Gasteiger partial charge in [-0.1, -0.05) is 6.92 Å². The van der Waals surface area contributed by atoms with E-state index in [1.165, 1.54) is 0 Å². The van der Waals surface area contributed by atoms with E-state index in [1.807, 2.05) is 0 Å². The van der Waals surface area contributed by atoms with Crippen LogP contribution in [0.3, 0.4) is 0 Å². The zero-order valence-corrected chi connectivity index (χ0v) is 30.9. The molecule has 0 bridgehead atoms. The molecule has 0 aromatic rings. The van der Waals surface area contributed by atoms with Gasteiger partial charge in [0.1, 0.15) is 61.0 Å². The molecule has 4 aliphatic rings. The number of hydrogen-bond acceptors (Lipinski definition) is 22. The van der Waals surface area contributed by atoms with Crippen molar-refractivity contribution in [2.45, 2.75) is 148 Å². The lowest BCUT2D eigenvalue weighted by atomic mass is 9.80. The predicted octanol–water partition coefficient (Wildman–Crippen LogP) is -9.21. The third kappa shape index (κ3) is 10.8. The summed E-state index contributed by atoms with van der Waals surface area (Å²) in [5, 5.41) is 85.0. The number of likely N-dealkylation sites (N-methyl/N-ethyl adjacent to an activating group) is 1. The summed E-state index contributed by atoms with van der Waals surface area (Å²) in [7, 11) is 1.64. The molecule has 4 rings (SSSR count). The van der Waals surface area contributed by atoms with Gasteiger partial charge in [0.05, 0.1) is 49.7 Å². The maximum Gasteiger partial charge on any atom is 0.176 e. The van der Waals surface area contributed by atoms with E-state index in [2.05, 4.69) is 0 Å². The van der Waals surface area contributed by atoms with Crippen LogP contribution in [0.4, 0.5) is 0 Å². The summed E-state index contributed by atoms with van der Waals surface area (Å²) in [6.07, 6.45) is -18.0. The molecule has 0 spiro atoms. The summed E-state index contributed by atoms with van der Waals surface area (Å²) in [6.45, 7) is 1.04. The fraction of sp³-hybridized carbons (Fsp3) is 1.00. The molecule has 0 amide bonds. The molecule has 22 heteroatoms. The minimum Gasteiger partial charge on any atom is -0.390 e. The van der Waals surface area contributed by atoms with Crippen molar-refractivity contribution in [2.75, 3.05) is 46.4 Å². The molecule has 54 heavy (non-hydrogen) atoms. The van der Waals surface area contributed by atoms with E-state index in [4.69, 9.17) is 68.6 Å². The summed E-state index contributed by atoms with van der Waals surface area (Å²) >= 11 is 0. The van der Waals surface area contributed by atoms with Crippen LogP contribution in [0.25, 0.3) is 0 Å². The second-order valence-corrected chi connectivity index (χ2v) is 15.4. The maximum atomic E-state index is 11.1. The predicted molar refractivity (Wildman–Crippen MR) is 188 cm³/mol. The Morgan fingerprint density at radius 3 is 1.43 bits per heavy atom. The molecule has 22 unspecified atom stereocenters. The normalized spacial score (nSPS) is 47.4. The largest absolute Gasteiger partial charge is 0.390 e. The van der Waals surface area contributed by atoms with Crippen molar-refractivity contribution < 1.29 is 69.3 Å². The monoisotopic (exact) mass is 786 g/mol. The van der Waals surface area contributed by atoms with Crippen molar-refractivity contribution in [2.24, 2.45) is 46.1 Å². The van der Waals surface area contributed by atoms with Crippen molar-refractivity contribution in [3.63, 3.8) is 0 Å². The summed E-state index contributed by atoms with van der Waals surface area (Å²) in [4.78, 5) is 1.62. The van der Waals surface area contributed by atoms with E-state index in [1.54, 1.807) is 18.9 Å².